The first-order valence-corrected chi connectivity index (χ1v) is 18.0. The summed E-state index contributed by atoms with van der Waals surface area (Å²) in [5.41, 5.74) is 10.9. The molecule has 2 fully saturated rings. The average Bonchev–Trinajstić information content (AvgIpc) is 3.46. The third kappa shape index (κ3) is 12.9. The molecule has 49 heavy (non-hydrogen) atoms. The molecule has 2 aliphatic heterocycles. The summed E-state index contributed by atoms with van der Waals surface area (Å²) in [6.07, 6.45) is 6.79. The molecule has 0 aliphatic carbocycles. The lowest BCUT2D eigenvalue weighted by atomic mass is 9.82. The highest BCUT2D eigenvalue weighted by Crippen LogP contribution is 2.32. The maximum Gasteiger partial charge on any atom is 0.344 e. The second-order valence-electron chi connectivity index (χ2n) is 14.7. The van der Waals surface area contributed by atoms with E-state index < -0.39 is 34.5 Å². The fourth-order valence-corrected chi connectivity index (χ4v) is 6.84. The Morgan fingerprint density at radius 2 is 1.63 bits per heavy atom. The number of imide groups is 1. The number of hydrogen-bond acceptors (Lipinski definition) is 8. The van der Waals surface area contributed by atoms with Crippen molar-refractivity contribution >= 4 is 36.0 Å². The van der Waals surface area contributed by atoms with Crippen LogP contribution < -0.4 is 38.1 Å². The lowest BCUT2D eigenvalue weighted by Gasteiger charge is -2.40. The van der Waals surface area contributed by atoms with Crippen LogP contribution in [-0.2, 0) is 19.2 Å². The fourth-order valence-electron chi connectivity index (χ4n) is 6.84. The number of aliphatic imine (C=N–C) groups is 1. The van der Waals surface area contributed by atoms with E-state index in [0.717, 1.165) is 32.0 Å². The topological polar surface area (TPSA) is 210 Å². The van der Waals surface area contributed by atoms with Crippen molar-refractivity contribution in [1.82, 2.24) is 26.6 Å². The van der Waals surface area contributed by atoms with Crippen LogP contribution in [0.25, 0.3) is 0 Å². The number of guanidine groups is 1. The summed E-state index contributed by atoms with van der Waals surface area (Å²) in [5.74, 6) is -1.24. The smallest absolute Gasteiger partial charge is 0.344 e. The number of likely N-dealkylation sites (N-methyl/N-ethyl adjacent to an activating group) is 1. The molecule has 0 aromatic heterocycles. The van der Waals surface area contributed by atoms with Crippen LogP contribution >= 0.6 is 0 Å². The van der Waals surface area contributed by atoms with E-state index in [1.165, 1.54) is 0 Å². The summed E-state index contributed by atoms with van der Waals surface area (Å²) in [7, 11) is 0. The number of urea groups is 1. The van der Waals surface area contributed by atoms with E-state index in [4.69, 9.17) is 11.5 Å². The Bertz CT molecular complexity index is 1110. The second kappa shape index (κ2) is 21.2. The molecule has 2 rings (SSSR count). The molecule has 14 heteroatoms. The summed E-state index contributed by atoms with van der Waals surface area (Å²) in [4.78, 5) is 72.3. The Balaban J connectivity index is 0.0000120. The van der Waals surface area contributed by atoms with E-state index in [1.54, 1.807) is 0 Å². The molecule has 0 saturated carbocycles. The Morgan fingerprint density at radius 1 is 0.980 bits per heavy atom. The van der Waals surface area contributed by atoms with Gasteiger partial charge in [-0.15, -0.1) is 0 Å². The van der Waals surface area contributed by atoms with Gasteiger partial charge in [-0.1, -0.05) is 55.4 Å². The Morgan fingerprint density at radius 3 is 2.22 bits per heavy atom. The molecular formula is C35H68N9O5+. The highest BCUT2D eigenvalue weighted by Gasteiger charge is 2.58. The number of nitrogens with zero attached hydrogens (tertiary/aromatic N) is 2. The Hall–Kier alpha value is -3.10. The molecule has 6 atom stereocenters. The molecule has 9 N–H and O–H groups in total. The maximum atomic E-state index is 14.9. The number of hydrogen-bond donors (Lipinski definition) is 7. The molecule has 0 radical (unpaired) electrons. The number of amides is 5. The van der Waals surface area contributed by atoms with Gasteiger partial charge in [0.15, 0.2) is 18.3 Å². The minimum Gasteiger partial charge on any atom is -0.370 e. The van der Waals surface area contributed by atoms with Crippen molar-refractivity contribution in [3.8, 4) is 0 Å². The van der Waals surface area contributed by atoms with Crippen LogP contribution in [-0.4, -0.2) is 103 Å². The van der Waals surface area contributed by atoms with Crippen molar-refractivity contribution in [2.24, 2.45) is 27.8 Å². The van der Waals surface area contributed by atoms with Gasteiger partial charge in [-0.3, -0.25) is 19.9 Å². The lowest BCUT2D eigenvalue weighted by molar-refractivity contribution is -0.783. The van der Waals surface area contributed by atoms with Gasteiger partial charge in [-0.2, -0.15) is 4.48 Å². The molecule has 2 aliphatic rings. The van der Waals surface area contributed by atoms with E-state index >= 15 is 0 Å². The third-order valence-electron chi connectivity index (χ3n) is 9.62. The number of carbonyl (C=O) groups is 5. The van der Waals surface area contributed by atoms with E-state index in [9.17, 15) is 24.0 Å². The van der Waals surface area contributed by atoms with Crippen LogP contribution in [0.1, 0.15) is 113 Å². The molecule has 2 saturated heterocycles. The largest absolute Gasteiger partial charge is 0.370 e. The van der Waals surface area contributed by atoms with Crippen molar-refractivity contribution in [2.45, 2.75) is 143 Å². The van der Waals surface area contributed by atoms with E-state index in [0.29, 0.717) is 64.7 Å². The zero-order valence-corrected chi connectivity index (χ0v) is 30.2. The van der Waals surface area contributed by atoms with Crippen molar-refractivity contribution in [1.29, 1.82) is 0 Å². The van der Waals surface area contributed by atoms with Gasteiger partial charge in [0.25, 0.3) is 0 Å². The van der Waals surface area contributed by atoms with E-state index in [2.05, 4.69) is 52.3 Å². The van der Waals surface area contributed by atoms with Crippen molar-refractivity contribution in [3.63, 3.8) is 0 Å². The van der Waals surface area contributed by atoms with Crippen molar-refractivity contribution in [2.75, 3.05) is 32.7 Å². The number of nitrogens with one attached hydrogen (secondary N) is 5. The Labute approximate surface area is 294 Å². The number of carbonyl (C=O) groups excluding carboxylic acids is 5. The summed E-state index contributed by atoms with van der Waals surface area (Å²) >= 11 is 0. The first kappa shape index (κ1) is 43.9. The average molecular weight is 695 g/mol. The van der Waals surface area contributed by atoms with Gasteiger partial charge in [0.05, 0.1) is 12.6 Å². The summed E-state index contributed by atoms with van der Waals surface area (Å²) in [6.45, 7) is 14.0. The number of aldehydes is 1. The zero-order valence-electron chi connectivity index (χ0n) is 30.2. The highest BCUT2D eigenvalue weighted by atomic mass is 16.2. The number of quaternary nitrogens is 1. The molecule has 5 amide bonds. The molecule has 3 unspecified atom stereocenters. The molecule has 2 heterocycles. The summed E-state index contributed by atoms with van der Waals surface area (Å²) in [5, 5.41) is 15.6. The highest BCUT2D eigenvalue weighted by molar-refractivity contribution is 5.94. The molecule has 0 aromatic carbocycles. The van der Waals surface area contributed by atoms with Crippen LogP contribution in [0.4, 0.5) is 4.79 Å². The van der Waals surface area contributed by atoms with Gasteiger partial charge in [-0.05, 0) is 62.8 Å². The first-order valence-electron chi connectivity index (χ1n) is 18.0. The number of rotatable bonds is 8. The quantitative estimate of drug-likeness (QED) is 0.0495. The lowest BCUT2D eigenvalue weighted by Crippen LogP contribution is -2.71. The van der Waals surface area contributed by atoms with Crippen LogP contribution in [0.15, 0.2) is 4.99 Å². The number of nitrogens with two attached hydrogens (primary N) is 2. The molecule has 282 valence electrons. The van der Waals surface area contributed by atoms with Gasteiger partial charge >= 0.3 is 17.8 Å². The van der Waals surface area contributed by atoms with Gasteiger partial charge in [0, 0.05) is 38.5 Å². The fraction of sp³-hybridized carbons (Fsp3) is 0.829. The van der Waals surface area contributed by atoms with Crippen LogP contribution in [0.5, 0.6) is 0 Å². The van der Waals surface area contributed by atoms with E-state index in [1.807, 2.05) is 20.8 Å². The Kier molecular flexibility index (Phi) is 19.0. The predicted molar refractivity (Wildman–Crippen MR) is 194 cm³/mol. The first-order chi connectivity index (χ1) is 22.7. The van der Waals surface area contributed by atoms with Crippen LogP contribution in [0, 0.1) is 11.3 Å². The van der Waals surface area contributed by atoms with E-state index in [-0.39, 0.29) is 55.2 Å². The molecule has 0 aromatic rings. The van der Waals surface area contributed by atoms with Crippen LogP contribution in [0.2, 0.25) is 0 Å². The van der Waals surface area contributed by atoms with Crippen LogP contribution in [0.3, 0.4) is 0 Å². The molecular weight excluding hydrogens is 626 g/mol. The standard InChI is InChI=1S/C34H63N9O5.CH4/c1-7-37-25-15-8-10-19-40-33(48)42-28(23(2)3)31(47)43(21-13-14-24(43)22-44)30(46)26(16-12-20-39-32(35)36)41-27(34(4,5)6)17-9-11-18-38-29(25)45;/h22-28,37,41H,7-21H2,1-6H3,(H6-,35,36,38,39,40,42,45,48);1H4/p+1/t24-,25?,26-,27?,28-,43?;/m0./s1. The molecule has 1 spiro atoms. The van der Waals surface area contributed by atoms with Gasteiger partial charge in [0.1, 0.15) is 12.1 Å². The van der Waals surface area contributed by atoms with Crippen molar-refractivity contribution in [3.05, 3.63) is 0 Å². The van der Waals surface area contributed by atoms with Crippen molar-refractivity contribution < 1.29 is 28.5 Å². The summed E-state index contributed by atoms with van der Waals surface area (Å²) < 4.78 is -0.638. The van der Waals surface area contributed by atoms with Gasteiger partial charge in [-0.25, -0.2) is 14.4 Å². The van der Waals surface area contributed by atoms with Gasteiger partial charge in [0.2, 0.25) is 5.91 Å². The predicted octanol–water partition coefficient (Wildman–Crippen LogP) is 2.05. The summed E-state index contributed by atoms with van der Waals surface area (Å²) in [6, 6.07) is -3.56. The van der Waals surface area contributed by atoms with Gasteiger partial charge < -0.3 is 32.7 Å². The normalized spacial score (nSPS) is 28.8. The molecule has 0 bridgehead atoms. The minimum atomic E-state index is -0.994. The maximum absolute atomic E-state index is 14.9. The zero-order chi connectivity index (χ0) is 35.9. The monoisotopic (exact) mass is 695 g/mol. The minimum absolute atomic E-state index is 0. The second-order valence-corrected chi connectivity index (χ2v) is 14.7. The third-order valence-corrected chi connectivity index (χ3v) is 9.62. The SMILES string of the molecule is C.CCNC1CCCCNC(=O)N[C@@H](C(C)C)C(=O)[N+]2(CCC[C@H]2C=O)C(=O)[C@H](CCCN=C(N)N)NC(C(C)(C)C)CCCCNC1=O. The molecule has 14 nitrogen and oxygen atoms in total.